The molecule has 0 fully saturated rings. The van der Waals surface area contributed by atoms with Crippen LogP contribution in [0, 0.1) is 0 Å². The summed E-state index contributed by atoms with van der Waals surface area (Å²) in [6.07, 6.45) is 2.22. The number of carbonyl (C=O) groups excluding carboxylic acids is 3. The van der Waals surface area contributed by atoms with E-state index in [4.69, 9.17) is 5.73 Å². The summed E-state index contributed by atoms with van der Waals surface area (Å²) in [5, 5.41) is 39.9. The average Bonchev–Trinajstić information content (AvgIpc) is 3.35. The number of hydrogen-bond donors (Lipinski definition) is 5. The quantitative estimate of drug-likeness (QED) is 0.142. The highest BCUT2D eigenvalue weighted by molar-refractivity contribution is 6.28. The van der Waals surface area contributed by atoms with Crippen molar-refractivity contribution >= 4 is 29.5 Å². The molecule has 3 aromatic rings. The molecule has 1 unspecified atom stereocenters. The number of benzene rings is 3. The fourth-order valence-electron chi connectivity index (χ4n) is 4.48. The van der Waals surface area contributed by atoms with Crippen LogP contribution in [0.15, 0.2) is 78.9 Å². The van der Waals surface area contributed by atoms with Crippen molar-refractivity contribution < 1.29 is 49.1 Å². The summed E-state index contributed by atoms with van der Waals surface area (Å²) in [7, 11) is 1.41. The molecule has 0 heterocycles. The van der Waals surface area contributed by atoms with Crippen LogP contribution >= 0.6 is 0 Å². The molecule has 6 N–H and O–H groups in total. The standard InChI is InChI=1S/C18H14O8.C12H15NO2/c19-13(11-7-3-1-4-8-11)17(25,15(21)22)18(26,16(23)24)14(20)12-9-5-2-6-10-12;1-15-12(14)5-8-2-3-9-6-11(13)7-10(9)4-8/h1-10,25-26H,(H,21,22)(H,23,24);2-4,11H,5-7,13H2,1H3/t17-,18-;/m1./s1. The molecular formula is C30H29NO10. The van der Waals surface area contributed by atoms with Crippen molar-refractivity contribution in [2.24, 2.45) is 5.73 Å². The summed E-state index contributed by atoms with van der Waals surface area (Å²) >= 11 is 0. The van der Waals surface area contributed by atoms with Crippen molar-refractivity contribution in [3.05, 3.63) is 107 Å². The number of aliphatic hydroxyl groups is 2. The van der Waals surface area contributed by atoms with E-state index in [2.05, 4.69) is 16.9 Å². The summed E-state index contributed by atoms with van der Waals surface area (Å²) in [5.74, 6) is -8.22. The Labute approximate surface area is 234 Å². The summed E-state index contributed by atoms with van der Waals surface area (Å²) in [6, 6.07) is 19.2. The van der Waals surface area contributed by atoms with Gasteiger partial charge in [-0.2, -0.15) is 0 Å². The van der Waals surface area contributed by atoms with Gasteiger partial charge in [-0.05, 0) is 29.5 Å². The first kappa shape index (κ1) is 30.8. The van der Waals surface area contributed by atoms with Gasteiger partial charge in [0.15, 0.2) is 0 Å². The first-order chi connectivity index (χ1) is 19.4. The molecule has 1 aliphatic carbocycles. The minimum absolute atomic E-state index is 0.197. The van der Waals surface area contributed by atoms with Gasteiger partial charge in [-0.3, -0.25) is 14.4 Å². The van der Waals surface area contributed by atoms with Gasteiger partial charge in [0.25, 0.3) is 11.2 Å². The zero-order chi connectivity index (χ0) is 30.4. The number of ether oxygens (including phenoxy) is 1. The highest BCUT2D eigenvalue weighted by Crippen LogP contribution is 2.31. The zero-order valence-corrected chi connectivity index (χ0v) is 22.0. The maximum Gasteiger partial charge on any atom is 0.348 e. The van der Waals surface area contributed by atoms with E-state index in [1.54, 1.807) is 0 Å². The Morgan fingerprint density at radius 1 is 0.756 bits per heavy atom. The van der Waals surface area contributed by atoms with Gasteiger partial charge in [0.05, 0.1) is 13.5 Å². The van der Waals surface area contributed by atoms with Crippen LogP contribution in [0.5, 0.6) is 0 Å². The van der Waals surface area contributed by atoms with Crippen LogP contribution < -0.4 is 5.73 Å². The number of nitrogens with two attached hydrogens (primary N) is 1. The molecule has 3 aromatic carbocycles. The number of Topliss-reactive ketones (excluding diaryl/α,β-unsaturated/α-hetero) is 2. The maximum atomic E-state index is 12.6. The summed E-state index contributed by atoms with van der Waals surface area (Å²) < 4.78 is 4.63. The minimum atomic E-state index is -3.95. The molecule has 0 amide bonds. The van der Waals surface area contributed by atoms with E-state index in [-0.39, 0.29) is 12.0 Å². The Morgan fingerprint density at radius 2 is 1.20 bits per heavy atom. The maximum absolute atomic E-state index is 12.6. The number of esters is 1. The van der Waals surface area contributed by atoms with E-state index in [1.165, 1.54) is 54.6 Å². The largest absolute Gasteiger partial charge is 0.479 e. The molecule has 11 heteroatoms. The van der Waals surface area contributed by atoms with Crippen LogP contribution in [-0.2, 0) is 38.4 Å². The predicted molar refractivity (Wildman–Crippen MR) is 144 cm³/mol. The molecule has 0 aromatic heterocycles. The van der Waals surface area contributed by atoms with E-state index < -0.39 is 45.8 Å². The van der Waals surface area contributed by atoms with Gasteiger partial charge in [0, 0.05) is 17.2 Å². The highest BCUT2D eigenvalue weighted by atomic mass is 16.5. The van der Waals surface area contributed by atoms with E-state index >= 15 is 0 Å². The number of rotatable bonds is 9. The Morgan fingerprint density at radius 3 is 1.61 bits per heavy atom. The molecular weight excluding hydrogens is 534 g/mol. The molecule has 0 radical (unpaired) electrons. The molecule has 0 saturated carbocycles. The fourth-order valence-corrected chi connectivity index (χ4v) is 4.48. The lowest BCUT2D eigenvalue weighted by Gasteiger charge is -2.34. The van der Waals surface area contributed by atoms with Crippen LogP contribution in [0.2, 0.25) is 0 Å². The van der Waals surface area contributed by atoms with E-state index in [1.807, 2.05) is 6.07 Å². The zero-order valence-electron chi connectivity index (χ0n) is 22.0. The SMILES string of the molecule is COC(=O)Cc1ccc2c(c1)CC(N)C2.O=C(O)[C@](O)(C(=O)c1ccccc1)[C@](O)(C(=O)O)C(=O)c1ccccc1. The lowest BCUT2D eigenvalue weighted by molar-refractivity contribution is -0.187. The smallest absolute Gasteiger partial charge is 0.348 e. The van der Waals surface area contributed by atoms with Gasteiger partial charge in [0.1, 0.15) is 0 Å². The number of aliphatic carboxylic acids is 2. The number of ketones is 2. The monoisotopic (exact) mass is 563 g/mol. The molecule has 0 bridgehead atoms. The van der Waals surface area contributed by atoms with Gasteiger partial charge in [-0.15, -0.1) is 0 Å². The van der Waals surface area contributed by atoms with Crippen molar-refractivity contribution in [3.8, 4) is 0 Å². The topological polar surface area (TPSA) is 202 Å². The normalized spacial score (nSPS) is 16.5. The molecule has 214 valence electrons. The molecule has 0 saturated heterocycles. The number of hydrogen-bond acceptors (Lipinski definition) is 9. The van der Waals surface area contributed by atoms with E-state index in [0.717, 1.165) is 42.7 Å². The van der Waals surface area contributed by atoms with Gasteiger partial charge in [-0.25, -0.2) is 9.59 Å². The van der Waals surface area contributed by atoms with Crippen LogP contribution in [-0.4, -0.2) is 74.3 Å². The minimum Gasteiger partial charge on any atom is -0.479 e. The third kappa shape index (κ3) is 6.22. The Kier molecular flexibility index (Phi) is 9.51. The fraction of sp³-hybridized carbons (Fsp3) is 0.233. The highest BCUT2D eigenvalue weighted by Gasteiger charge is 2.69. The molecule has 0 spiro atoms. The number of fused-ring (bicyclic) bond motifs is 1. The van der Waals surface area contributed by atoms with Crippen molar-refractivity contribution in [1.29, 1.82) is 0 Å². The van der Waals surface area contributed by atoms with Crippen LogP contribution in [0.4, 0.5) is 0 Å². The van der Waals surface area contributed by atoms with Gasteiger partial charge >= 0.3 is 17.9 Å². The number of carbonyl (C=O) groups is 5. The molecule has 41 heavy (non-hydrogen) atoms. The predicted octanol–water partition coefficient (Wildman–Crippen LogP) is 1.21. The average molecular weight is 564 g/mol. The summed E-state index contributed by atoms with van der Waals surface area (Å²) in [4.78, 5) is 59.6. The van der Waals surface area contributed by atoms with Crippen LogP contribution in [0.25, 0.3) is 0 Å². The van der Waals surface area contributed by atoms with Crippen molar-refractivity contribution in [1.82, 2.24) is 0 Å². The lowest BCUT2D eigenvalue weighted by atomic mass is 9.73. The second-order valence-electron chi connectivity index (χ2n) is 9.45. The Balaban J connectivity index is 0.000000260. The molecule has 11 nitrogen and oxygen atoms in total. The lowest BCUT2D eigenvalue weighted by Crippen LogP contribution is -2.71. The number of carboxylic acid groups (broad SMARTS) is 2. The summed E-state index contributed by atoms with van der Waals surface area (Å²) in [5.41, 5.74) is 0.793. The Hall–Kier alpha value is -4.71. The number of methoxy groups -OCH3 is 1. The van der Waals surface area contributed by atoms with Crippen molar-refractivity contribution in [3.63, 3.8) is 0 Å². The summed E-state index contributed by atoms with van der Waals surface area (Å²) in [6.45, 7) is 0. The van der Waals surface area contributed by atoms with Crippen molar-refractivity contribution in [2.75, 3.05) is 7.11 Å². The Bertz CT molecular complexity index is 1380. The first-order valence-corrected chi connectivity index (χ1v) is 12.4. The first-order valence-electron chi connectivity index (χ1n) is 12.4. The molecule has 0 aliphatic heterocycles. The van der Waals surface area contributed by atoms with Gasteiger partial charge < -0.3 is 30.9 Å². The van der Waals surface area contributed by atoms with Crippen LogP contribution in [0.1, 0.15) is 37.4 Å². The molecule has 4 rings (SSSR count). The van der Waals surface area contributed by atoms with E-state index in [0.29, 0.717) is 6.42 Å². The molecule has 3 atom stereocenters. The van der Waals surface area contributed by atoms with Crippen LogP contribution in [0.3, 0.4) is 0 Å². The third-order valence-electron chi connectivity index (χ3n) is 6.68. The third-order valence-corrected chi connectivity index (χ3v) is 6.68. The van der Waals surface area contributed by atoms with Gasteiger partial charge in [-0.1, -0.05) is 78.9 Å². The second-order valence-corrected chi connectivity index (χ2v) is 9.45. The number of carboxylic acids is 2. The van der Waals surface area contributed by atoms with E-state index in [9.17, 15) is 44.4 Å². The van der Waals surface area contributed by atoms with Gasteiger partial charge in [0.2, 0.25) is 11.6 Å². The molecule has 1 aliphatic rings. The second kappa shape index (κ2) is 12.6. The van der Waals surface area contributed by atoms with Crippen molar-refractivity contribution in [2.45, 2.75) is 36.5 Å².